The van der Waals surface area contributed by atoms with Crippen LogP contribution in [-0.2, 0) is 0 Å². The summed E-state index contributed by atoms with van der Waals surface area (Å²) in [6, 6.07) is 3.33. The summed E-state index contributed by atoms with van der Waals surface area (Å²) < 4.78 is 6.06. The fraction of sp³-hybridized carbons (Fsp3) is 0.500. The molecule has 4 nitrogen and oxygen atoms in total. The van der Waals surface area contributed by atoms with Gasteiger partial charge in [-0.3, -0.25) is 4.79 Å². The van der Waals surface area contributed by atoms with Gasteiger partial charge in [0.1, 0.15) is 5.75 Å². The molecule has 0 spiro atoms. The molecule has 1 aromatic rings. The zero-order valence-corrected chi connectivity index (χ0v) is 14.7. The lowest BCUT2D eigenvalue weighted by atomic mass is 9.94. The third-order valence-electron chi connectivity index (χ3n) is 3.35. The summed E-state index contributed by atoms with van der Waals surface area (Å²) in [4.78, 5) is 12.4. The van der Waals surface area contributed by atoms with Gasteiger partial charge in [0, 0.05) is 15.7 Å². The van der Waals surface area contributed by atoms with E-state index >= 15 is 0 Å². The number of methoxy groups -OCH3 is 1. The minimum atomic E-state index is -0.452. The summed E-state index contributed by atoms with van der Waals surface area (Å²) in [7, 11) is 1.52. The quantitative estimate of drug-likeness (QED) is 0.707. The van der Waals surface area contributed by atoms with Crippen LogP contribution in [0.4, 0.5) is 0 Å². The van der Waals surface area contributed by atoms with E-state index in [0.717, 1.165) is 9.99 Å². The van der Waals surface area contributed by atoms with Crippen LogP contribution in [0.25, 0.3) is 0 Å². The molecule has 20 heavy (non-hydrogen) atoms. The number of benzene rings is 1. The molecule has 6 heteroatoms. The molecule has 0 aliphatic rings. The van der Waals surface area contributed by atoms with Crippen LogP contribution in [0.1, 0.15) is 37.0 Å². The fourth-order valence-electron chi connectivity index (χ4n) is 1.79. The predicted octanol–water partition coefficient (Wildman–Crippen LogP) is 3.23. The maximum absolute atomic E-state index is 12.4. The smallest absolute Gasteiger partial charge is 0.255 e. The van der Waals surface area contributed by atoms with Crippen LogP contribution < -0.4 is 10.1 Å². The SMILES string of the molecule is CCC(C)(CCO)NC(=O)c1cc(Cl)c(I)cc1OC. The number of aliphatic hydroxyl groups is 1. The van der Waals surface area contributed by atoms with Gasteiger partial charge in [0.05, 0.1) is 17.7 Å². The largest absolute Gasteiger partial charge is 0.496 e. The Balaban J connectivity index is 3.06. The van der Waals surface area contributed by atoms with Crippen LogP contribution in [0.5, 0.6) is 5.75 Å². The molecule has 1 aromatic carbocycles. The highest BCUT2D eigenvalue weighted by molar-refractivity contribution is 14.1. The second-order valence-corrected chi connectivity index (χ2v) is 6.38. The number of amides is 1. The Morgan fingerprint density at radius 3 is 2.70 bits per heavy atom. The van der Waals surface area contributed by atoms with Gasteiger partial charge in [0.15, 0.2) is 0 Å². The van der Waals surface area contributed by atoms with E-state index in [4.69, 9.17) is 21.4 Å². The van der Waals surface area contributed by atoms with Crippen molar-refractivity contribution in [3.05, 3.63) is 26.3 Å². The van der Waals surface area contributed by atoms with E-state index in [9.17, 15) is 4.79 Å². The van der Waals surface area contributed by atoms with E-state index in [1.54, 1.807) is 12.1 Å². The van der Waals surface area contributed by atoms with E-state index in [1.807, 2.05) is 13.8 Å². The number of aliphatic hydroxyl groups excluding tert-OH is 1. The van der Waals surface area contributed by atoms with E-state index < -0.39 is 5.54 Å². The van der Waals surface area contributed by atoms with Crippen molar-refractivity contribution < 1.29 is 14.6 Å². The molecule has 0 aromatic heterocycles. The number of ether oxygens (including phenoxy) is 1. The molecule has 1 rings (SSSR count). The monoisotopic (exact) mass is 411 g/mol. The van der Waals surface area contributed by atoms with Crippen molar-refractivity contribution in [3.8, 4) is 5.75 Å². The van der Waals surface area contributed by atoms with E-state index in [1.165, 1.54) is 7.11 Å². The molecule has 2 N–H and O–H groups in total. The number of carbonyl (C=O) groups is 1. The van der Waals surface area contributed by atoms with E-state index in [0.29, 0.717) is 22.8 Å². The molecule has 1 amide bonds. The van der Waals surface area contributed by atoms with E-state index in [2.05, 4.69) is 27.9 Å². The van der Waals surface area contributed by atoms with Gasteiger partial charge >= 0.3 is 0 Å². The Bertz CT molecular complexity index is 496. The molecular weight excluding hydrogens is 393 g/mol. The lowest BCUT2D eigenvalue weighted by Gasteiger charge is -2.29. The van der Waals surface area contributed by atoms with Crippen LogP contribution in [0.3, 0.4) is 0 Å². The van der Waals surface area contributed by atoms with E-state index in [-0.39, 0.29) is 12.5 Å². The van der Waals surface area contributed by atoms with Gasteiger partial charge in [-0.05, 0) is 54.5 Å². The van der Waals surface area contributed by atoms with Gasteiger partial charge in [0.2, 0.25) is 0 Å². The predicted molar refractivity (Wildman–Crippen MR) is 88.6 cm³/mol. The molecule has 0 bridgehead atoms. The molecule has 0 saturated carbocycles. The maximum atomic E-state index is 12.4. The Kier molecular flexibility index (Phi) is 6.54. The average molecular weight is 412 g/mol. The minimum Gasteiger partial charge on any atom is -0.496 e. The normalized spacial score (nSPS) is 13.7. The second kappa shape index (κ2) is 7.47. The van der Waals surface area contributed by atoms with Gasteiger partial charge < -0.3 is 15.2 Å². The lowest BCUT2D eigenvalue weighted by molar-refractivity contribution is 0.0883. The molecule has 0 aliphatic carbocycles. The zero-order chi connectivity index (χ0) is 15.3. The molecule has 0 fully saturated rings. The van der Waals surface area contributed by atoms with Crippen molar-refractivity contribution in [1.82, 2.24) is 5.32 Å². The van der Waals surface area contributed by atoms with Gasteiger partial charge in [-0.15, -0.1) is 0 Å². The summed E-state index contributed by atoms with van der Waals surface area (Å²) in [5.74, 6) is 0.233. The summed E-state index contributed by atoms with van der Waals surface area (Å²) >= 11 is 8.16. The molecule has 0 radical (unpaired) electrons. The molecule has 0 heterocycles. The van der Waals surface area contributed by atoms with Crippen LogP contribution in [0, 0.1) is 3.57 Å². The number of rotatable bonds is 6. The fourth-order valence-corrected chi connectivity index (χ4v) is 2.39. The minimum absolute atomic E-state index is 0.0230. The van der Waals surface area contributed by atoms with Crippen LogP contribution in [0.2, 0.25) is 5.02 Å². The summed E-state index contributed by atoms with van der Waals surface area (Å²) in [5.41, 5.74) is -0.0534. The van der Waals surface area contributed by atoms with Gasteiger partial charge in [-0.2, -0.15) is 0 Å². The van der Waals surface area contributed by atoms with Crippen molar-refractivity contribution in [2.45, 2.75) is 32.2 Å². The third-order valence-corrected chi connectivity index (χ3v) is 4.87. The van der Waals surface area contributed by atoms with Gasteiger partial charge in [-0.1, -0.05) is 18.5 Å². The summed E-state index contributed by atoms with van der Waals surface area (Å²) in [5, 5.41) is 12.6. The van der Waals surface area contributed by atoms with Crippen molar-refractivity contribution in [2.75, 3.05) is 13.7 Å². The Hall–Kier alpha value is -0.530. The Morgan fingerprint density at radius 2 is 2.20 bits per heavy atom. The van der Waals surface area contributed by atoms with Crippen molar-refractivity contribution >= 4 is 40.1 Å². The molecule has 112 valence electrons. The first-order chi connectivity index (χ1) is 9.36. The first-order valence-corrected chi connectivity index (χ1v) is 7.79. The van der Waals surface area contributed by atoms with Crippen LogP contribution >= 0.6 is 34.2 Å². The first kappa shape index (κ1) is 17.5. The third kappa shape index (κ3) is 4.23. The van der Waals surface area contributed by atoms with Crippen LogP contribution in [-0.4, -0.2) is 30.3 Å². The zero-order valence-electron chi connectivity index (χ0n) is 11.8. The summed E-state index contributed by atoms with van der Waals surface area (Å²) in [6.07, 6.45) is 1.22. The summed E-state index contributed by atoms with van der Waals surface area (Å²) in [6.45, 7) is 3.89. The second-order valence-electron chi connectivity index (χ2n) is 4.81. The van der Waals surface area contributed by atoms with Crippen molar-refractivity contribution in [1.29, 1.82) is 0 Å². The van der Waals surface area contributed by atoms with Gasteiger partial charge in [-0.25, -0.2) is 0 Å². The number of hydrogen-bond acceptors (Lipinski definition) is 3. The standard InChI is InChI=1S/C14H19ClINO3/c1-4-14(2,5-6-18)17-13(19)9-7-10(15)11(16)8-12(9)20-3/h7-8,18H,4-6H2,1-3H3,(H,17,19). The van der Waals surface area contributed by atoms with Crippen molar-refractivity contribution in [2.24, 2.45) is 0 Å². The molecule has 0 aliphatic heterocycles. The highest BCUT2D eigenvalue weighted by Gasteiger charge is 2.26. The number of halogens is 2. The highest BCUT2D eigenvalue weighted by atomic mass is 127. The topological polar surface area (TPSA) is 58.6 Å². The van der Waals surface area contributed by atoms with Gasteiger partial charge in [0.25, 0.3) is 5.91 Å². The number of hydrogen-bond donors (Lipinski definition) is 2. The maximum Gasteiger partial charge on any atom is 0.255 e. The Morgan fingerprint density at radius 1 is 1.55 bits per heavy atom. The molecular formula is C14H19ClINO3. The Labute approximate surface area is 138 Å². The number of carbonyl (C=O) groups excluding carboxylic acids is 1. The molecule has 1 unspecified atom stereocenters. The highest BCUT2D eigenvalue weighted by Crippen LogP contribution is 2.29. The average Bonchev–Trinajstić information content (AvgIpc) is 2.41. The van der Waals surface area contributed by atoms with Crippen LogP contribution in [0.15, 0.2) is 12.1 Å². The van der Waals surface area contributed by atoms with Crippen molar-refractivity contribution in [3.63, 3.8) is 0 Å². The molecule has 0 saturated heterocycles. The number of nitrogens with one attached hydrogen (secondary N) is 1. The first-order valence-electron chi connectivity index (χ1n) is 6.33. The lowest BCUT2D eigenvalue weighted by Crippen LogP contribution is -2.46. The molecule has 1 atom stereocenters.